The zero-order valence-corrected chi connectivity index (χ0v) is 7.56. The summed E-state index contributed by atoms with van der Waals surface area (Å²) in [4.78, 5) is 4.04. The first-order valence-corrected chi connectivity index (χ1v) is 4.07. The van der Waals surface area contributed by atoms with Gasteiger partial charge in [-0.15, -0.1) is 0 Å². The average molecular weight is 191 g/mol. The number of fused-ring (bicyclic) bond motifs is 1. The smallest absolute Gasteiger partial charge is 0.162 e. The van der Waals surface area contributed by atoms with E-state index in [0.717, 1.165) is 0 Å². The molecule has 0 amide bonds. The van der Waals surface area contributed by atoms with Crippen LogP contribution in [0.25, 0.3) is 10.9 Å². The predicted octanol–water partition coefficient (Wildman–Crippen LogP) is 1.65. The summed E-state index contributed by atoms with van der Waals surface area (Å²) < 4.78 is 4.92. The van der Waals surface area contributed by atoms with Crippen molar-refractivity contribution in [1.82, 2.24) is 4.98 Å². The third kappa shape index (κ3) is 1.21. The van der Waals surface area contributed by atoms with Crippen LogP contribution in [0.2, 0.25) is 0 Å². The number of phenols is 1. The average Bonchev–Trinajstić information content (AvgIpc) is 2.19. The highest BCUT2D eigenvalue weighted by Gasteiger charge is 2.07. The SMILES string of the molecule is COc1cc2nccc(O)c2cc1O. The minimum absolute atomic E-state index is 0.0108. The number of benzene rings is 1. The van der Waals surface area contributed by atoms with Crippen molar-refractivity contribution in [3.8, 4) is 17.2 Å². The second kappa shape index (κ2) is 3.06. The van der Waals surface area contributed by atoms with Crippen LogP contribution in [-0.2, 0) is 0 Å². The maximum atomic E-state index is 9.47. The summed E-state index contributed by atoms with van der Waals surface area (Å²) in [5.74, 6) is 0.423. The Morgan fingerprint density at radius 1 is 1.21 bits per heavy atom. The standard InChI is InChI=1S/C10H9NO3/c1-14-10-5-7-6(4-9(10)13)8(12)2-3-11-7/h2-5,13H,1H3,(H,11,12). The van der Waals surface area contributed by atoms with Crippen molar-refractivity contribution < 1.29 is 14.9 Å². The van der Waals surface area contributed by atoms with Crippen molar-refractivity contribution in [3.05, 3.63) is 24.4 Å². The van der Waals surface area contributed by atoms with Crippen molar-refractivity contribution >= 4 is 10.9 Å². The van der Waals surface area contributed by atoms with E-state index in [9.17, 15) is 10.2 Å². The van der Waals surface area contributed by atoms with Gasteiger partial charge in [-0.1, -0.05) is 0 Å². The Balaban J connectivity index is 2.79. The molecule has 2 rings (SSSR count). The Hall–Kier alpha value is -1.97. The number of rotatable bonds is 1. The molecule has 0 fully saturated rings. The number of pyridine rings is 1. The van der Waals surface area contributed by atoms with Gasteiger partial charge in [0.1, 0.15) is 5.75 Å². The Kier molecular flexibility index (Phi) is 1.89. The van der Waals surface area contributed by atoms with Gasteiger partial charge in [0, 0.05) is 17.6 Å². The summed E-state index contributed by atoms with van der Waals surface area (Å²) in [5.41, 5.74) is 0.583. The van der Waals surface area contributed by atoms with Gasteiger partial charge >= 0.3 is 0 Å². The molecule has 0 bridgehead atoms. The molecule has 4 nitrogen and oxygen atoms in total. The highest BCUT2D eigenvalue weighted by atomic mass is 16.5. The number of aromatic hydroxyl groups is 2. The number of methoxy groups -OCH3 is 1. The highest BCUT2D eigenvalue weighted by molar-refractivity contribution is 5.87. The topological polar surface area (TPSA) is 62.6 Å². The summed E-state index contributed by atoms with van der Waals surface area (Å²) in [6, 6.07) is 4.47. The fourth-order valence-electron chi connectivity index (χ4n) is 1.31. The lowest BCUT2D eigenvalue weighted by Crippen LogP contribution is -1.85. The van der Waals surface area contributed by atoms with Gasteiger partial charge in [0.2, 0.25) is 0 Å². The summed E-state index contributed by atoms with van der Waals surface area (Å²) >= 11 is 0. The van der Waals surface area contributed by atoms with Gasteiger partial charge in [-0.25, -0.2) is 0 Å². The zero-order valence-electron chi connectivity index (χ0n) is 7.56. The minimum Gasteiger partial charge on any atom is -0.507 e. The number of aromatic nitrogens is 1. The lowest BCUT2D eigenvalue weighted by molar-refractivity contribution is 0.374. The van der Waals surface area contributed by atoms with Gasteiger partial charge in [-0.3, -0.25) is 4.98 Å². The lowest BCUT2D eigenvalue weighted by Gasteiger charge is -2.05. The van der Waals surface area contributed by atoms with Crippen LogP contribution in [0.1, 0.15) is 0 Å². The molecule has 0 radical (unpaired) electrons. The number of phenolic OH excluding ortho intramolecular Hbond substituents is 1. The number of hydrogen-bond acceptors (Lipinski definition) is 4. The molecule has 0 saturated heterocycles. The van der Waals surface area contributed by atoms with E-state index in [1.165, 1.54) is 25.4 Å². The number of hydrogen-bond donors (Lipinski definition) is 2. The monoisotopic (exact) mass is 191 g/mol. The van der Waals surface area contributed by atoms with Crippen molar-refractivity contribution in [2.45, 2.75) is 0 Å². The maximum Gasteiger partial charge on any atom is 0.162 e. The van der Waals surface area contributed by atoms with E-state index in [2.05, 4.69) is 4.98 Å². The van der Waals surface area contributed by atoms with E-state index in [4.69, 9.17) is 4.74 Å². The van der Waals surface area contributed by atoms with Crippen LogP contribution in [0.4, 0.5) is 0 Å². The van der Waals surface area contributed by atoms with E-state index >= 15 is 0 Å². The summed E-state index contributed by atoms with van der Waals surface area (Å²) in [6.45, 7) is 0. The van der Waals surface area contributed by atoms with Gasteiger partial charge in [0.05, 0.1) is 12.6 Å². The maximum absolute atomic E-state index is 9.47. The van der Waals surface area contributed by atoms with Crippen LogP contribution >= 0.6 is 0 Å². The molecule has 14 heavy (non-hydrogen) atoms. The van der Waals surface area contributed by atoms with Gasteiger partial charge in [-0.05, 0) is 12.1 Å². The first-order valence-electron chi connectivity index (χ1n) is 4.07. The second-order valence-corrected chi connectivity index (χ2v) is 2.87. The molecule has 0 aliphatic rings. The molecule has 0 spiro atoms. The first-order chi connectivity index (χ1) is 6.72. The van der Waals surface area contributed by atoms with Crippen LogP contribution in [-0.4, -0.2) is 22.3 Å². The van der Waals surface area contributed by atoms with Crippen molar-refractivity contribution in [1.29, 1.82) is 0 Å². The van der Waals surface area contributed by atoms with Crippen LogP contribution in [0.15, 0.2) is 24.4 Å². The molecule has 0 saturated carbocycles. The van der Waals surface area contributed by atoms with E-state index in [1.807, 2.05) is 0 Å². The quantitative estimate of drug-likeness (QED) is 0.719. The summed E-state index contributed by atoms with van der Waals surface area (Å²) in [6.07, 6.45) is 1.49. The molecular weight excluding hydrogens is 182 g/mol. The van der Waals surface area contributed by atoms with Crippen molar-refractivity contribution in [3.63, 3.8) is 0 Å². The van der Waals surface area contributed by atoms with E-state index in [1.54, 1.807) is 6.07 Å². The Morgan fingerprint density at radius 3 is 2.71 bits per heavy atom. The van der Waals surface area contributed by atoms with Crippen molar-refractivity contribution in [2.75, 3.05) is 7.11 Å². The molecule has 0 unspecified atom stereocenters. The van der Waals surface area contributed by atoms with Crippen LogP contribution in [0, 0.1) is 0 Å². The minimum atomic E-state index is -0.0108. The third-order valence-corrected chi connectivity index (χ3v) is 2.02. The van der Waals surface area contributed by atoms with Crippen molar-refractivity contribution in [2.24, 2.45) is 0 Å². The van der Waals surface area contributed by atoms with Crippen LogP contribution in [0.3, 0.4) is 0 Å². The molecule has 72 valence electrons. The molecule has 0 aliphatic heterocycles. The van der Waals surface area contributed by atoms with Crippen LogP contribution < -0.4 is 4.74 Å². The Labute approximate surface area is 80.4 Å². The fraction of sp³-hybridized carbons (Fsp3) is 0.100. The normalized spacial score (nSPS) is 10.4. The second-order valence-electron chi connectivity index (χ2n) is 2.87. The first kappa shape index (κ1) is 8.62. The Morgan fingerprint density at radius 2 is 2.00 bits per heavy atom. The number of nitrogens with zero attached hydrogens (tertiary/aromatic N) is 1. The lowest BCUT2D eigenvalue weighted by atomic mass is 10.2. The fourth-order valence-corrected chi connectivity index (χ4v) is 1.31. The molecule has 1 aromatic carbocycles. The zero-order chi connectivity index (χ0) is 10.1. The molecule has 1 heterocycles. The molecule has 2 N–H and O–H groups in total. The highest BCUT2D eigenvalue weighted by Crippen LogP contribution is 2.33. The molecule has 2 aromatic rings. The number of ether oxygens (including phenoxy) is 1. The third-order valence-electron chi connectivity index (χ3n) is 2.02. The Bertz CT molecular complexity index is 482. The summed E-state index contributed by atoms with van der Waals surface area (Å²) in [7, 11) is 1.46. The molecule has 0 atom stereocenters. The molecular formula is C10H9NO3. The van der Waals surface area contributed by atoms with Gasteiger partial charge in [-0.2, -0.15) is 0 Å². The van der Waals surface area contributed by atoms with Gasteiger partial charge in [0.25, 0.3) is 0 Å². The molecule has 1 aromatic heterocycles. The molecule has 4 heteroatoms. The van der Waals surface area contributed by atoms with Gasteiger partial charge in [0.15, 0.2) is 11.5 Å². The van der Waals surface area contributed by atoms with Crippen LogP contribution in [0.5, 0.6) is 17.2 Å². The predicted molar refractivity (Wildman–Crippen MR) is 51.6 cm³/mol. The van der Waals surface area contributed by atoms with E-state index in [-0.39, 0.29) is 11.5 Å². The largest absolute Gasteiger partial charge is 0.507 e. The van der Waals surface area contributed by atoms with Gasteiger partial charge < -0.3 is 14.9 Å². The van der Waals surface area contributed by atoms with E-state index in [0.29, 0.717) is 16.7 Å². The van der Waals surface area contributed by atoms with E-state index < -0.39 is 0 Å². The molecule has 0 aliphatic carbocycles. The summed E-state index contributed by atoms with van der Waals surface area (Å²) in [5, 5.41) is 19.4.